The third-order valence-corrected chi connectivity index (χ3v) is 11.3. The van der Waals surface area contributed by atoms with Crippen molar-refractivity contribution in [3.8, 4) is 6.07 Å². The van der Waals surface area contributed by atoms with Crippen LogP contribution in [0.2, 0.25) is 0 Å². The normalized spacial score (nSPS) is 45.2. The summed E-state index contributed by atoms with van der Waals surface area (Å²) in [6.45, 7) is 6.22. The average Bonchev–Trinajstić information content (AvgIpc) is 3.13. The summed E-state index contributed by atoms with van der Waals surface area (Å²) in [5.41, 5.74) is -7.26. The Kier molecular flexibility index (Phi) is 7.37. The molecular weight excluding hydrogens is 536 g/mol. The predicted molar refractivity (Wildman–Crippen MR) is 141 cm³/mol. The zero-order chi connectivity index (χ0) is 30.0. The average molecular weight is 576 g/mol. The van der Waals surface area contributed by atoms with E-state index in [1.165, 1.54) is 19.1 Å². The third kappa shape index (κ3) is 4.09. The van der Waals surface area contributed by atoms with Gasteiger partial charge in [0.25, 0.3) is 0 Å². The van der Waals surface area contributed by atoms with Gasteiger partial charge in [0.1, 0.15) is 18.0 Å². The van der Waals surface area contributed by atoms with Gasteiger partial charge >= 0.3 is 12.1 Å². The van der Waals surface area contributed by atoms with Crippen LogP contribution in [0.3, 0.4) is 0 Å². The van der Waals surface area contributed by atoms with Crippen LogP contribution in [0.1, 0.15) is 79.1 Å². The van der Waals surface area contributed by atoms with Gasteiger partial charge in [-0.3, -0.25) is 4.79 Å². The molecule has 10 atom stereocenters. The first-order chi connectivity index (χ1) is 19.3. The minimum atomic E-state index is -2.34. The molecule has 0 unspecified atom stereocenters. The molecule has 0 saturated heterocycles. The lowest BCUT2D eigenvalue weighted by atomic mass is 9.45. The monoisotopic (exact) mass is 575 g/mol. The summed E-state index contributed by atoms with van der Waals surface area (Å²) in [7, 11) is 0. The molecule has 0 aromatic heterocycles. The Bertz CT molecular complexity index is 1240. The number of ketones is 1. The molecule has 0 radical (unpaired) electrons. The highest BCUT2D eigenvalue weighted by Crippen LogP contribution is 2.71. The van der Waals surface area contributed by atoms with Crippen molar-refractivity contribution in [3.05, 3.63) is 23.6 Å². The summed E-state index contributed by atoms with van der Waals surface area (Å²) in [6.07, 6.45) is 2.17. The van der Waals surface area contributed by atoms with Crippen LogP contribution in [0.4, 0.5) is 13.6 Å². The summed E-state index contributed by atoms with van der Waals surface area (Å²) in [5.74, 6) is -4.31. The summed E-state index contributed by atoms with van der Waals surface area (Å²) in [5, 5.41) is 20.7. The second-order valence-electron chi connectivity index (χ2n) is 13.3. The second-order valence-corrected chi connectivity index (χ2v) is 13.3. The Balaban J connectivity index is 1.56. The molecule has 8 nitrogen and oxygen atoms in total. The molecule has 5 rings (SSSR count). The largest absolute Gasteiger partial charge is 0.509 e. The lowest BCUT2D eigenvalue weighted by molar-refractivity contribution is -0.229. The highest BCUT2D eigenvalue weighted by Gasteiger charge is 2.78. The number of fused-ring (bicyclic) bond motifs is 5. The van der Waals surface area contributed by atoms with E-state index in [1.54, 1.807) is 19.9 Å². The number of aliphatic hydroxyl groups excluding tert-OH is 1. The van der Waals surface area contributed by atoms with Crippen LogP contribution in [-0.4, -0.2) is 53.1 Å². The van der Waals surface area contributed by atoms with Gasteiger partial charge in [0.2, 0.25) is 5.60 Å². The summed E-state index contributed by atoms with van der Waals surface area (Å²) >= 11 is 0. The van der Waals surface area contributed by atoms with Crippen LogP contribution in [0.15, 0.2) is 23.6 Å². The Labute approximate surface area is 239 Å². The first-order valence-electron chi connectivity index (χ1n) is 14.7. The summed E-state index contributed by atoms with van der Waals surface area (Å²) < 4.78 is 50.2. The van der Waals surface area contributed by atoms with Crippen LogP contribution in [0.5, 0.6) is 0 Å². The molecule has 0 spiro atoms. The maximum atomic E-state index is 17.5. The van der Waals surface area contributed by atoms with E-state index in [0.29, 0.717) is 6.42 Å². The number of allylic oxidation sites excluding steroid dienone is 4. The van der Waals surface area contributed by atoms with Crippen molar-refractivity contribution < 1.29 is 42.5 Å². The molecular formula is C31H39F2NO7. The van der Waals surface area contributed by atoms with Crippen molar-refractivity contribution in [1.29, 1.82) is 5.26 Å². The predicted octanol–water partition coefficient (Wildman–Crippen LogP) is 5.44. The molecule has 0 aromatic rings. The van der Waals surface area contributed by atoms with E-state index in [4.69, 9.17) is 19.5 Å². The molecule has 0 heterocycles. The number of halogens is 2. The van der Waals surface area contributed by atoms with Crippen LogP contribution < -0.4 is 0 Å². The number of ether oxygens (including phenoxy) is 3. The summed E-state index contributed by atoms with van der Waals surface area (Å²) in [4.78, 5) is 39.3. The Hall–Kier alpha value is -2.80. The van der Waals surface area contributed by atoms with Crippen LogP contribution >= 0.6 is 0 Å². The van der Waals surface area contributed by atoms with Gasteiger partial charge in [0.15, 0.2) is 18.1 Å². The van der Waals surface area contributed by atoms with Crippen molar-refractivity contribution in [2.75, 3.05) is 6.61 Å². The number of carbonyl (C=O) groups is 3. The van der Waals surface area contributed by atoms with Crippen LogP contribution in [-0.2, 0) is 23.8 Å². The van der Waals surface area contributed by atoms with Gasteiger partial charge in [0.05, 0.1) is 6.10 Å². The minimum Gasteiger partial charge on any atom is -0.447 e. The van der Waals surface area contributed by atoms with Crippen molar-refractivity contribution >= 4 is 17.9 Å². The van der Waals surface area contributed by atoms with Gasteiger partial charge in [-0.05, 0) is 62.5 Å². The maximum absolute atomic E-state index is 17.5. The number of carbonyl (C=O) groups excluding carboxylic acids is 3. The number of rotatable bonds is 4. The molecule has 3 fully saturated rings. The van der Waals surface area contributed by atoms with Crippen LogP contribution in [0.25, 0.3) is 0 Å². The number of aliphatic hydroxyl groups is 1. The molecule has 10 heteroatoms. The Morgan fingerprint density at radius 2 is 1.90 bits per heavy atom. The zero-order valence-corrected chi connectivity index (χ0v) is 24.1. The SMILES string of the molecule is C[C@@H]1CCCC[C@@H]1OC(=O)O[C@]1(C(=O)OCC#N)[C@H](C)C[C@H]2[C@@H]3CC(F)=C4CC(=O)C=C[C@]4(C)[C@@]3(F)[C@@H](O)C[C@@]21C. The molecule has 0 bridgehead atoms. The number of nitriles is 1. The Morgan fingerprint density at radius 1 is 1.20 bits per heavy atom. The number of hydrogen-bond donors (Lipinski definition) is 1. The van der Waals surface area contributed by atoms with Gasteiger partial charge in [0, 0.05) is 35.5 Å². The molecule has 5 aliphatic rings. The highest BCUT2D eigenvalue weighted by molar-refractivity contribution is 5.93. The van der Waals surface area contributed by atoms with Gasteiger partial charge < -0.3 is 19.3 Å². The number of alkyl halides is 1. The standard InChI is InChI=1S/C31H39F2NO7/c1-17-7-5-6-8-24(17)40-27(38)41-31(26(37)39-12-11-34)18(2)13-20-21-15-23(32)22-14-19(35)9-10-28(22,3)30(21,33)25(36)16-29(20,31)4/h9-10,17-18,20-21,24-25,36H,5-8,12-16H2,1-4H3/t17-,18-,20+,21+,24+,25+,28+,29+,30+,31+/m1/s1. The topological polar surface area (TPSA) is 123 Å². The van der Waals surface area contributed by atoms with Crippen LogP contribution in [0, 0.1) is 45.8 Å². The molecule has 41 heavy (non-hydrogen) atoms. The molecule has 0 amide bonds. The van der Waals surface area contributed by atoms with Gasteiger partial charge in [-0.15, -0.1) is 0 Å². The maximum Gasteiger partial charge on any atom is 0.509 e. The lowest BCUT2D eigenvalue weighted by Crippen LogP contribution is -2.70. The number of hydrogen-bond acceptors (Lipinski definition) is 8. The van der Waals surface area contributed by atoms with Crippen molar-refractivity contribution in [3.63, 3.8) is 0 Å². The molecule has 224 valence electrons. The van der Waals surface area contributed by atoms with E-state index >= 15 is 8.78 Å². The van der Waals surface area contributed by atoms with Crippen molar-refractivity contribution in [2.45, 2.75) is 103 Å². The van der Waals surface area contributed by atoms with Gasteiger partial charge in [-0.25, -0.2) is 18.4 Å². The fraction of sp³-hybridized carbons (Fsp3) is 0.742. The van der Waals surface area contributed by atoms with E-state index in [2.05, 4.69) is 0 Å². The van der Waals surface area contributed by atoms with Gasteiger partial charge in [-0.1, -0.05) is 33.3 Å². The first-order valence-corrected chi connectivity index (χ1v) is 14.7. The van der Waals surface area contributed by atoms with E-state index in [1.807, 2.05) is 6.92 Å². The van der Waals surface area contributed by atoms with E-state index in [0.717, 1.165) is 19.3 Å². The molecule has 0 aliphatic heterocycles. The van der Waals surface area contributed by atoms with Crippen molar-refractivity contribution in [1.82, 2.24) is 0 Å². The quantitative estimate of drug-likeness (QED) is 0.440. The second kappa shape index (κ2) is 10.2. The molecule has 3 saturated carbocycles. The van der Waals surface area contributed by atoms with E-state index < -0.39 is 76.6 Å². The van der Waals surface area contributed by atoms with Gasteiger partial charge in [-0.2, -0.15) is 5.26 Å². The molecule has 0 aromatic carbocycles. The van der Waals surface area contributed by atoms with E-state index in [-0.39, 0.29) is 43.0 Å². The highest BCUT2D eigenvalue weighted by atomic mass is 19.1. The lowest BCUT2D eigenvalue weighted by Gasteiger charge is -2.62. The van der Waals surface area contributed by atoms with E-state index in [9.17, 15) is 19.5 Å². The molecule has 1 N–H and O–H groups in total. The fourth-order valence-corrected chi connectivity index (χ4v) is 9.13. The minimum absolute atomic E-state index is 0.0403. The summed E-state index contributed by atoms with van der Waals surface area (Å²) in [6, 6.07) is 1.75. The first kappa shape index (κ1) is 29.7. The number of nitrogens with zero attached hydrogens (tertiary/aromatic N) is 1. The fourth-order valence-electron chi connectivity index (χ4n) is 9.13. The zero-order valence-electron chi connectivity index (χ0n) is 24.1. The Morgan fingerprint density at radius 3 is 2.59 bits per heavy atom. The smallest absolute Gasteiger partial charge is 0.447 e. The number of esters is 1. The third-order valence-electron chi connectivity index (χ3n) is 11.3. The molecule has 5 aliphatic carbocycles. The van der Waals surface area contributed by atoms with Crippen molar-refractivity contribution in [2.24, 2.45) is 34.5 Å².